The first-order valence-corrected chi connectivity index (χ1v) is 11.0. The first kappa shape index (κ1) is 23.2. The van der Waals surface area contributed by atoms with Crippen molar-refractivity contribution in [3.8, 4) is 23.0 Å². The van der Waals surface area contributed by atoms with E-state index in [4.69, 9.17) is 18.9 Å². The molecule has 4 amide bonds. The van der Waals surface area contributed by atoms with Gasteiger partial charge in [-0.25, -0.2) is 4.79 Å². The van der Waals surface area contributed by atoms with Crippen LogP contribution in [0.15, 0.2) is 36.4 Å². The van der Waals surface area contributed by atoms with E-state index in [-0.39, 0.29) is 13.2 Å². The molecule has 2 aliphatic heterocycles. The summed E-state index contributed by atoms with van der Waals surface area (Å²) in [5, 5.41) is 5.43. The van der Waals surface area contributed by atoms with Gasteiger partial charge in [0.25, 0.3) is 5.91 Å². The topological polar surface area (TPSA) is 115 Å². The summed E-state index contributed by atoms with van der Waals surface area (Å²) in [6, 6.07) is 9.80. The first-order chi connectivity index (χ1) is 16.3. The Balaban J connectivity index is 1.45. The molecule has 10 heteroatoms. The molecule has 34 heavy (non-hydrogen) atoms. The second-order valence-electron chi connectivity index (χ2n) is 8.09. The number of carbonyl (C=O) groups is 3. The predicted molar refractivity (Wildman–Crippen MR) is 122 cm³/mol. The third-order valence-corrected chi connectivity index (χ3v) is 5.48. The Hall–Kier alpha value is -3.95. The number of rotatable bonds is 9. The maximum absolute atomic E-state index is 13.1. The van der Waals surface area contributed by atoms with Crippen LogP contribution >= 0.6 is 0 Å². The lowest BCUT2D eigenvalue weighted by atomic mass is 9.92. The second kappa shape index (κ2) is 9.50. The molecule has 1 unspecified atom stereocenters. The van der Waals surface area contributed by atoms with Gasteiger partial charge >= 0.3 is 6.03 Å². The fraction of sp³-hybridized carbons (Fsp3) is 0.375. The summed E-state index contributed by atoms with van der Waals surface area (Å²) >= 11 is 0. The number of imide groups is 1. The van der Waals surface area contributed by atoms with E-state index in [2.05, 4.69) is 10.6 Å². The quantitative estimate of drug-likeness (QED) is 0.543. The number of nitrogens with zero attached hydrogens (tertiary/aromatic N) is 1. The Bertz CT molecular complexity index is 1120. The zero-order valence-electron chi connectivity index (χ0n) is 19.3. The van der Waals surface area contributed by atoms with Crippen LogP contribution in [0.25, 0.3) is 0 Å². The fourth-order valence-corrected chi connectivity index (χ4v) is 3.95. The van der Waals surface area contributed by atoms with E-state index in [1.807, 2.05) is 19.9 Å². The average molecular weight is 469 g/mol. The molecule has 0 aromatic heterocycles. The molecule has 10 nitrogen and oxygen atoms in total. The van der Waals surface area contributed by atoms with Crippen molar-refractivity contribution >= 4 is 23.5 Å². The van der Waals surface area contributed by atoms with Gasteiger partial charge in [-0.2, -0.15) is 0 Å². The van der Waals surface area contributed by atoms with Crippen molar-refractivity contribution < 1.29 is 33.3 Å². The van der Waals surface area contributed by atoms with Crippen molar-refractivity contribution in [2.24, 2.45) is 0 Å². The van der Waals surface area contributed by atoms with Gasteiger partial charge in [0.05, 0.1) is 18.9 Å². The van der Waals surface area contributed by atoms with Gasteiger partial charge in [-0.3, -0.25) is 14.5 Å². The maximum Gasteiger partial charge on any atom is 0.325 e. The molecule has 2 heterocycles. The van der Waals surface area contributed by atoms with Gasteiger partial charge in [-0.15, -0.1) is 0 Å². The van der Waals surface area contributed by atoms with Crippen LogP contribution in [-0.4, -0.2) is 54.8 Å². The van der Waals surface area contributed by atoms with Crippen LogP contribution in [0.2, 0.25) is 0 Å². The van der Waals surface area contributed by atoms with E-state index in [0.29, 0.717) is 41.9 Å². The Kier molecular flexibility index (Phi) is 6.49. The number of amides is 4. The lowest BCUT2D eigenvalue weighted by molar-refractivity contribution is -0.133. The van der Waals surface area contributed by atoms with E-state index >= 15 is 0 Å². The van der Waals surface area contributed by atoms with Crippen LogP contribution < -0.4 is 29.6 Å². The van der Waals surface area contributed by atoms with E-state index < -0.39 is 29.9 Å². The Morgan fingerprint density at radius 1 is 1.09 bits per heavy atom. The standard InChI is InChI=1S/C24H27N3O7/c1-4-31-16-7-9-18(32-5-2)17(11-16)25-21(28)13-27-22(29)24(3,26-23(27)30)12-15-6-8-19-20(10-15)34-14-33-19/h6-11H,4-5,12-14H2,1-3H3,(H,25,28)(H,26,30). The Labute approximate surface area is 197 Å². The van der Waals surface area contributed by atoms with E-state index in [1.54, 1.807) is 37.3 Å². The summed E-state index contributed by atoms with van der Waals surface area (Å²) in [5.74, 6) is 1.22. The minimum Gasteiger partial charge on any atom is -0.494 e. The minimum atomic E-state index is -1.20. The smallest absolute Gasteiger partial charge is 0.325 e. The highest BCUT2D eigenvalue weighted by atomic mass is 16.7. The van der Waals surface area contributed by atoms with E-state index in [9.17, 15) is 14.4 Å². The van der Waals surface area contributed by atoms with Gasteiger partial charge in [-0.1, -0.05) is 6.07 Å². The van der Waals surface area contributed by atoms with Crippen molar-refractivity contribution in [1.29, 1.82) is 0 Å². The third kappa shape index (κ3) is 4.70. The summed E-state index contributed by atoms with van der Waals surface area (Å²) < 4.78 is 21.8. The predicted octanol–water partition coefficient (Wildman–Crippen LogP) is 2.70. The summed E-state index contributed by atoms with van der Waals surface area (Å²) in [5.41, 5.74) is -0.00931. The number of anilines is 1. The third-order valence-electron chi connectivity index (χ3n) is 5.48. The SMILES string of the molecule is CCOc1ccc(OCC)c(NC(=O)CN2C(=O)NC(C)(Cc3ccc4c(c3)OCO4)C2=O)c1. The van der Waals surface area contributed by atoms with Gasteiger partial charge in [-0.05, 0) is 50.6 Å². The molecule has 0 saturated carbocycles. The largest absolute Gasteiger partial charge is 0.494 e. The summed E-state index contributed by atoms with van der Waals surface area (Å²) in [4.78, 5) is 39.4. The molecule has 0 radical (unpaired) electrons. The van der Waals surface area contributed by atoms with Gasteiger partial charge < -0.3 is 29.6 Å². The number of nitrogens with one attached hydrogen (secondary N) is 2. The van der Waals surface area contributed by atoms with Crippen LogP contribution in [0.4, 0.5) is 10.5 Å². The molecule has 1 fully saturated rings. The summed E-state index contributed by atoms with van der Waals surface area (Å²) in [7, 11) is 0. The average Bonchev–Trinajstić information content (AvgIpc) is 3.34. The lowest BCUT2D eigenvalue weighted by Gasteiger charge is -2.22. The van der Waals surface area contributed by atoms with Gasteiger partial charge in [0.2, 0.25) is 12.7 Å². The van der Waals surface area contributed by atoms with E-state index in [1.165, 1.54) is 0 Å². The molecule has 0 spiro atoms. The number of benzene rings is 2. The molecule has 0 aliphatic carbocycles. The van der Waals surface area contributed by atoms with Crippen LogP contribution in [0.1, 0.15) is 26.3 Å². The van der Waals surface area contributed by atoms with Crippen molar-refractivity contribution in [2.75, 3.05) is 31.9 Å². The van der Waals surface area contributed by atoms with Crippen LogP contribution in [0, 0.1) is 0 Å². The van der Waals surface area contributed by atoms with Crippen LogP contribution in [-0.2, 0) is 16.0 Å². The highest BCUT2D eigenvalue weighted by Crippen LogP contribution is 2.34. The highest BCUT2D eigenvalue weighted by Gasteiger charge is 2.48. The molecule has 1 atom stereocenters. The van der Waals surface area contributed by atoms with E-state index in [0.717, 1.165) is 10.5 Å². The first-order valence-electron chi connectivity index (χ1n) is 11.0. The number of urea groups is 1. The van der Waals surface area contributed by atoms with Crippen molar-refractivity contribution in [3.63, 3.8) is 0 Å². The van der Waals surface area contributed by atoms with Crippen LogP contribution in [0.3, 0.4) is 0 Å². The molecular weight excluding hydrogens is 442 g/mol. The summed E-state index contributed by atoms with van der Waals surface area (Å²) in [6.07, 6.45) is 0.233. The second-order valence-corrected chi connectivity index (χ2v) is 8.09. The Morgan fingerprint density at radius 3 is 2.62 bits per heavy atom. The molecule has 4 rings (SSSR count). The number of fused-ring (bicyclic) bond motifs is 1. The fourth-order valence-electron chi connectivity index (χ4n) is 3.95. The van der Waals surface area contributed by atoms with Gasteiger partial charge in [0.15, 0.2) is 11.5 Å². The van der Waals surface area contributed by atoms with Crippen LogP contribution in [0.5, 0.6) is 23.0 Å². The number of ether oxygens (including phenoxy) is 4. The summed E-state index contributed by atoms with van der Waals surface area (Å²) in [6.45, 7) is 5.89. The lowest BCUT2D eigenvalue weighted by Crippen LogP contribution is -2.46. The monoisotopic (exact) mass is 469 g/mol. The van der Waals surface area contributed by atoms with Crippen molar-refractivity contribution in [3.05, 3.63) is 42.0 Å². The molecule has 180 valence electrons. The molecule has 2 aromatic carbocycles. The maximum atomic E-state index is 13.1. The highest BCUT2D eigenvalue weighted by molar-refractivity contribution is 6.10. The molecule has 2 N–H and O–H groups in total. The minimum absolute atomic E-state index is 0.146. The normalized spacial score (nSPS) is 18.6. The van der Waals surface area contributed by atoms with Gasteiger partial charge in [0.1, 0.15) is 23.6 Å². The Morgan fingerprint density at radius 2 is 1.85 bits per heavy atom. The molecular formula is C24H27N3O7. The molecule has 2 aromatic rings. The molecule has 1 saturated heterocycles. The number of carbonyl (C=O) groups excluding carboxylic acids is 3. The van der Waals surface area contributed by atoms with Crippen molar-refractivity contribution in [2.45, 2.75) is 32.7 Å². The number of hydrogen-bond acceptors (Lipinski definition) is 7. The zero-order valence-corrected chi connectivity index (χ0v) is 19.3. The molecule has 0 bridgehead atoms. The zero-order chi connectivity index (χ0) is 24.3. The molecule has 2 aliphatic rings. The van der Waals surface area contributed by atoms with Gasteiger partial charge in [0, 0.05) is 12.5 Å². The van der Waals surface area contributed by atoms with Crippen molar-refractivity contribution in [1.82, 2.24) is 10.2 Å². The number of hydrogen-bond donors (Lipinski definition) is 2.